The van der Waals surface area contributed by atoms with Gasteiger partial charge in [-0.25, -0.2) is 14.9 Å². The third kappa shape index (κ3) is 6.10. The van der Waals surface area contributed by atoms with Gasteiger partial charge < -0.3 is 15.4 Å². The number of aliphatic imine (C=N–C) groups is 1. The molecule has 0 spiro atoms. The van der Waals surface area contributed by atoms with Crippen molar-refractivity contribution in [2.75, 3.05) is 26.2 Å². The third-order valence-electron chi connectivity index (χ3n) is 5.04. The molecule has 2 amide bonds. The van der Waals surface area contributed by atoms with Crippen LogP contribution in [-0.2, 0) is 20.8 Å². The lowest BCUT2D eigenvalue weighted by Gasteiger charge is -2.39. The van der Waals surface area contributed by atoms with Crippen LogP contribution in [0.5, 0.6) is 0 Å². The van der Waals surface area contributed by atoms with E-state index in [4.69, 9.17) is 15.3 Å². The summed E-state index contributed by atoms with van der Waals surface area (Å²) in [4.78, 5) is 39.0. The average Bonchev–Trinajstić information content (AvgIpc) is 2.94. The topological polar surface area (TPSA) is 97.5 Å². The molecule has 0 saturated carbocycles. The highest BCUT2D eigenvalue weighted by Gasteiger charge is 2.34. The van der Waals surface area contributed by atoms with Crippen LogP contribution in [0.15, 0.2) is 16.6 Å². The Balaban J connectivity index is 1.67. The van der Waals surface area contributed by atoms with E-state index >= 15 is 0 Å². The van der Waals surface area contributed by atoms with Crippen molar-refractivity contribution in [1.82, 2.24) is 9.96 Å². The summed E-state index contributed by atoms with van der Waals surface area (Å²) in [5.41, 5.74) is 7.02. The molecule has 2 aliphatic rings. The molecule has 1 aromatic rings. The Bertz CT molecular complexity index is 904. The van der Waals surface area contributed by atoms with Crippen LogP contribution in [0.4, 0.5) is 10.5 Å². The summed E-state index contributed by atoms with van der Waals surface area (Å²) in [7, 11) is 0. The van der Waals surface area contributed by atoms with Gasteiger partial charge in [-0.3, -0.25) is 9.63 Å². The second-order valence-electron chi connectivity index (χ2n) is 9.19. The molecule has 176 valence electrons. The van der Waals surface area contributed by atoms with Gasteiger partial charge in [0.15, 0.2) is 0 Å². The smallest absolute Gasteiger partial charge is 0.410 e. The fourth-order valence-electron chi connectivity index (χ4n) is 3.68. The van der Waals surface area contributed by atoms with E-state index in [0.29, 0.717) is 50.0 Å². The molecule has 1 fully saturated rings. The van der Waals surface area contributed by atoms with Gasteiger partial charge in [0.25, 0.3) is 5.91 Å². The van der Waals surface area contributed by atoms with Gasteiger partial charge >= 0.3 is 6.09 Å². The molecule has 3 rings (SSSR count). The van der Waals surface area contributed by atoms with Crippen molar-refractivity contribution < 1.29 is 19.2 Å². The molecule has 0 unspecified atom stereocenters. The maximum atomic E-state index is 13.0. The maximum absolute atomic E-state index is 13.0. The van der Waals surface area contributed by atoms with Gasteiger partial charge in [0.1, 0.15) is 11.4 Å². The number of hydroxylamine groups is 2. The van der Waals surface area contributed by atoms with E-state index in [1.807, 2.05) is 46.8 Å². The number of thiophene rings is 1. The van der Waals surface area contributed by atoms with E-state index in [-0.39, 0.29) is 12.0 Å². The fourth-order valence-corrected chi connectivity index (χ4v) is 4.86. The van der Waals surface area contributed by atoms with E-state index in [1.165, 1.54) is 9.94 Å². The lowest BCUT2D eigenvalue weighted by Crippen LogP contribution is -2.52. The van der Waals surface area contributed by atoms with Crippen LogP contribution < -0.4 is 5.73 Å². The van der Waals surface area contributed by atoms with E-state index in [2.05, 4.69) is 4.99 Å². The van der Waals surface area contributed by atoms with Gasteiger partial charge in [0.2, 0.25) is 0 Å². The van der Waals surface area contributed by atoms with Crippen molar-refractivity contribution in [2.45, 2.75) is 59.5 Å². The fraction of sp³-hybridized carbons (Fsp3) is 0.609. The molecule has 0 aromatic carbocycles. The number of likely N-dealkylation sites (tertiary alicyclic amines) is 1. The maximum Gasteiger partial charge on any atom is 0.410 e. The van der Waals surface area contributed by atoms with Crippen molar-refractivity contribution in [3.05, 3.63) is 21.4 Å². The zero-order valence-corrected chi connectivity index (χ0v) is 20.5. The molecule has 0 aliphatic carbocycles. The van der Waals surface area contributed by atoms with Gasteiger partial charge in [-0.2, -0.15) is 0 Å². The summed E-state index contributed by atoms with van der Waals surface area (Å²) in [6, 6.07) is 2.04. The highest BCUT2D eigenvalue weighted by Crippen LogP contribution is 2.37. The molecule has 1 aromatic heterocycles. The highest BCUT2D eigenvalue weighted by atomic mass is 32.1. The summed E-state index contributed by atoms with van der Waals surface area (Å²) >= 11 is 1.62. The number of hydrogen-bond acceptors (Lipinski definition) is 7. The number of amidine groups is 1. The van der Waals surface area contributed by atoms with Gasteiger partial charge in [-0.05, 0) is 58.6 Å². The molecule has 8 nitrogen and oxygen atoms in total. The summed E-state index contributed by atoms with van der Waals surface area (Å²) in [5.74, 6) is 0.635. The molecule has 1 saturated heterocycles. The van der Waals surface area contributed by atoms with Crippen LogP contribution in [0.25, 0.3) is 6.08 Å². The van der Waals surface area contributed by atoms with Crippen molar-refractivity contribution in [3.8, 4) is 0 Å². The van der Waals surface area contributed by atoms with Crippen LogP contribution >= 0.6 is 11.3 Å². The van der Waals surface area contributed by atoms with E-state index in [1.54, 1.807) is 16.2 Å². The Hall–Kier alpha value is -2.39. The first-order valence-electron chi connectivity index (χ1n) is 11.2. The number of fused-ring (bicyclic) bond motifs is 1. The van der Waals surface area contributed by atoms with Crippen LogP contribution in [0.2, 0.25) is 0 Å². The molecular formula is C23H34N4O4S. The second-order valence-corrected chi connectivity index (χ2v) is 10.4. The minimum atomic E-state index is -0.484. The first kappa shape index (κ1) is 24.3. The van der Waals surface area contributed by atoms with E-state index in [0.717, 1.165) is 23.4 Å². The zero-order chi connectivity index (χ0) is 23.5. The van der Waals surface area contributed by atoms with Gasteiger partial charge in [-0.15, -0.1) is 11.3 Å². The molecule has 0 radical (unpaired) electrons. The Kier molecular flexibility index (Phi) is 7.61. The largest absolute Gasteiger partial charge is 0.444 e. The summed E-state index contributed by atoms with van der Waals surface area (Å²) < 4.78 is 5.42. The van der Waals surface area contributed by atoms with Crippen molar-refractivity contribution in [1.29, 1.82) is 0 Å². The lowest BCUT2D eigenvalue weighted by atomic mass is 9.96. The molecule has 9 heteroatoms. The highest BCUT2D eigenvalue weighted by molar-refractivity contribution is 7.13. The number of rotatable bonds is 7. The molecule has 2 N–H and O–H groups in total. The predicted molar refractivity (Wildman–Crippen MR) is 127 cm³/mol. The number of amides is 2. The van der Waals surface area contributed by atoms with Gasteiger partial charge in [-0.1, -0.05) is 6.92 Å². The number of nitrogens with zero attached hydrogens (tertiary/aromatic N) is 3. The monoisotopic (exact) mass is 462 g/mol. The standard InChI is InChI=1S/C23H34N4O4S/c1-6-8-27(30-7-2)21(28)16-10-19-18(25-20(24)11-16)12-17(32-19)9-15-13-26(14-15)22(29)31-23(3,4)5/h10,12,15H,6-9,11,13-14H2,1-5H3,(H2,24,25). The zero-order valence-electron chi connectivity index (χ0n) is 19.6. The number of ether oxygens (including phenoxy) is 1. The molecular weight excluding hydrogens is 428 g/mol. The van der Waals surface area contributed by atoms with E-state index in [9.17, 15) is 9.59 Å². The molecule has 2 aliphatic heterocycles. The quantitative estimate of drug-likeness (QED) is 0.615. The van der Waals surface area contributed by atoms with Crippen LogP contribution in [0.3, 0.4) is 0 Å². The van der Waals surface area contributed by atoms with Crippen LogP contribution in [0.1, 0.15) is 57.2 Å². The first-order valence-corrected chi connectivity index (χ1v) is 12.0. The van der Waals surface area contributed by atoms with Gasteiger partial charge in [0, 0.05) is 36.5 Å². The Labute approximate surface area is 194 Å². The van der Waals surface area contributed by atoms with Crippen molar-refractivity contribution >= 4 is 40.9 Å². The van der Waals surface area contributed by atoms with Crippen LogP contribution in [-0.4, -0.2) is 59.6 Å². The van der Waals surface area contributed by atoms with Crippen molar-refractivity contribution in [2.24, 2.45) is 16.6 Å². The predicted octanol–water partition coefficient (Wildman–Crippen LogP) is 4.12. The molecule has 3 heterocycles. The molecule has 0 atom stereocenters. The van der Waals surface area contributed by atoms with E-state index < -0.39 is 5.60 Å². The van der Waals surface area contributed by atoms with Crippen LogP contribution in [0, 0.1) is 5.92 Å². The van der Waals surface area contributed by atoms with Gasteiger partial charge in [0.05, 0.1) is 17.2 Å². The van der Waals surface area contributed by atoms with Crippen molar-refractivity contribution in [3.63, 3.8) is 0 Å². The first-order chi connectivity index (χ1) is 15.1. The lowest BCUT2D eigenvalue weighted by molar-refractivity contribution is -0.180. The average molecular weight is 463 g/mol. The third-order valence-corrected chi connectivity index (χ3v) is 6.14. The normalized spacial score (nSPS) is 16.5. The molecule has 32 heavy (non-hydrogen) atoms. The Morgan fingerprint density at radius 2 is 2.03 bits per heavy atom. The molecule has 0 bridgehead atoms. The SMILES string of the molecule is CCCN(OCC)C(=O)C1=Cc2sc(CC3CN(C(=O)OC(C)(C)C)C3)cc2N=C(N)C1. The number of carbonyl (C=O) groups excluding carboxylic acids is 2. The number of hydrogen-bond donors (Lipinski definition) is 1. The summed E-state index contributed by atoms with van der Waals surface area (Å²) in [6.45, 7) is 11.8. The Morgan fingerprint density at radius 1 is 1.31 bits per heavy atom. The Morgan fingerprint density at radius 3 is 2.66 bits per heavy atom. The number of nitrogens with two attached hydrogens (primary N) is 1. The second kappa shape index (κ2) is 10.0. The number of carbonyl (C=O) groups is 2. The summed E-state index contributed by atoms with van der Waals surface area (Å²) in [5, 5.41) is 1.41. The summed E-state index contributed by atoms with van der Waals surface area (Å²) in [6.07, 6.45) is 3.59. The minimum Gasteiger partial charge on any atom is -0.444 e. The minimum absolute atomic E-state index is 0.165.